The summed E-state index contributed by atoms with van der Waals surface area (Å²) in [5.41, 5.74) is 30.7. The predicted octanol–water partition coefficient (Wildman–Crippen LogP) is -5.00. The molecule has 48 heteroatoms. The molecule has 0 radical (unpaired) electrons. The van der Waals surface area contributed by atoms with Gasteiger partial charge in [-0.3, -0.25) is 105 Å². The second kappa shape index (κ2) is 58.6. The maximum absolute atomic E-state index is 14.7. The molecule has 4 heterocycles. The molecule has 4 saturated heterocycles. The number of rotatable bonds is 36. The number of carbonyl (C=O) groups is 22. The summed E-state index contributed by atoms with van der Waals surface area (Å²) in [7, 11) is 2.96. The number of thioether (sulfide) groups is 2. The minimum atomic E-state index is -2.73. The van der Waals surface area contributed by atoms with Crippen molar-refractivity contribution in [1.82, 2.24) is 84.2 Å². The smallest absolute Gasteiger partial charge is 0.246 e. The van der Waals surface area contributed by atoms with Crippen LogP contribution in [0, 0.1) is 23.7 Å². The predicted molar refractivity (Wildman–Crippen MR) is 506 cm³/mol. The highest BCUT2D eigenvalue weighted by Crippen LogP contribution is 2.26. The summed E-state index contributed by atoms with van der Waals surface area (Å²) in [4.78, 5) is 297. The van der Waals surface area contributed by atoms with E-state index in [1.54, 1.807) is 104 Å². The number of primary amides is 6. The fourth-order valence-electron chi connectivity index (χ4n) is 14.7. The topological polar surface area (TPSA) is 725 Å². The third-order valence-electron chi connectivity index (χ3n) is 22.5. The number of hydrogen-bond acceptors (Lipinski definition) is 26. The number of likely N-dealkylation sites (tertiary alicyclic amines) is 2. The fourth-order valence-corrected chi connectivity index (χ4v) is 16.4. The van der Waals surface area contributed by atoms with Gasteiger partial charge in [0, 0.05) is 68.5 Å². The third-order valence-corrected chi connectivity index (χ3v) is 24.6. The van der Waals surface area contributed by atoms with Gasteiger partial charge in [0.05, 0.1) is 41.5 Å². The molecule has 2 aromatic rings. The van der Waals surface area contributed by atoms with Crippen LogP contribution < -0.4 is 118 Å². The van der Waals surface area contributed by atoms with Crippen LogP contribution in [0.3, 0.4) is 0 Å². The number of benzene rings is 2. The molecular formula is C90H138N22O24S2. The molecule has 2 aromatic carbocycles. The summed E-state index contributed by atoms with van der Waals surface area (Å²) in [5, 5.41) is 34.9. The van der Waals surface area contributed by atoms with Gasteiger partial charge in [0.25, 0.3) is 0 Å². The number of nitrogens with zero attached hydrogens (tertiary/aromatic N) is 2. The SMILES string of the molecule is [2H]C1([2H])CC[C@@]([2H])(C(=O)N[C@@H](CC(C)C)C(=O)NCC(N)=O)N1C(=O)[C@@H]1CSCCCC(=O)N[C@@H](Cc2ccc(OC)cc2)C(=O)N[C@@H]([C@@H](C)CC)C(=O)N[C@@H](CCC(N)=O)C(=O)N[C@@H](CC(N)=O)C(=O)N1.[2H]C1([2H])SCCCC(=O)N[C@@H](Cc2ccc(OC)cc2)C(=O)N[C@@H]([C@@H](C)CC)C(=O)N[C@@H](CCC(N)=O)C(=O)N[C@@H](CC(N)=O)C(=O)N[C@@H]1C(=O)N1CCC[C@H]1C(=O)N[C@@H](CC(C)C)C(=O)NCC(N)=O. The fraction of sp³-hybridized carbons (Fsp3) is 0.622. The van der Waals surface area contributed by atoms with Crippen LogP contribution in [0.2, 0.25) is 0 Å². The van der Waals surface area contributed by atoms with Crippen LogP contribution in [0.1, 0.15) is 189 Å². The van der Waals surface area contributed by atoms with Crippen LogP contribution in [0.4, 0.5) is 0 Å². The largest absolute Gasteiger partial charge is 0.497 e. The Morgan fingerprint density at radius 3 is 1.24 bits per heavy atom. The Balaban J connectivity index is 0.000000504. The van der Waals surface area contributed by atoms with Gasteiger partial charge in [0.2, 0.25) is 130 Å². The highest BCUT2D eigenvalue weighted by atomic mass is 32.2. The van der Waals surface area contributed by atoms with Crippen LogP contribution >= 0.6 is 23.5 Å². The zero-order valence-electron chi connectivity index (χ0n) is 84.3. The summed E-state index contributed by atoms with van der Waals surface area (Å²) in [6, 6.07) is -9.25. The van der Waals surface area contributed by atoms with E-state index in [4.69, 9.17) is 49.4 Å². The van der Waals surface area contributed by atoms with E-state index in [-0.39, 0.29) is 94.1 Å². The highest BCUT2D eigenvalue weighted by molar-refractivity contribution is 7.99. The highest BCUT2D eigenvalue weighted by Gasteiger charge is 2.45. The maximum atomic E-state index is 14.7. The molecule has 4 fully saturated rings. The molecule has 16 atom stereocenters. The third kappa shape index (κ3) is 39.7. The summed E-state index contributed by atoms with van der Waals surface area (Å²) < 4.78 is 55.8. The summed E-state index contributed by atoms with van der Waals surface area (Å²) in [5.74, 6) is -21.7. The van der Waals surface area contributed by atoms with Gasteiger partial charge in [-0.05, 0) is 135 Å². The minimum Gasteiger partial charge on any atom is -0.497 e. The number of hydrogen-bond donors (Lipinski definition) is 20. The zero-order chi connectivity index (χ0) is 107. The summed E-state index contributed by atoms with van der Waals surface area (Å²) in [6.07, 6.45) is -3.97. The first-order valence-corrected chi connectivity index (χ1v) is 47.7. The van der Waals surface area contributed by atoms with E-state index >= 15 is 0 Å². The second-order valence-corrected chi connectivity index (χ2v) is 36.7. The zero-order valence-corrected chi connectivity index (χ0v) is 80.9. The molecule has 0 unspecified atom stereocenters. The molecule has 22 amide bonds. The summed E-state index contributed by atoms with van der Waals surface area (Å²) >= 11 is 1.54. The summed E-state index contributed by atoms with van der Waals surface area (Å²) in [6.45, 7) is 9.96. The van der Waals surface area contributed by atoms with Gasteiger partial charge >= 0.3 is 0 Å². The standard InChI is InChI=1S/2C45H69N11O12S/c2*1-6-25(4)38-44(66)51-28(15-16-34(46)57)40(62)52-31(21-35(47)58)41(63)54-32(23-69-18-8-10-37(60)50-30(42(64)55-38)20-26-11-13-27(68-5)14-12-26)45(67)56-17-7-9-33(56)43(65)53-29(19-24(2)3)39(61)49-22-36(48)59/h2*11-14,24-25,28-33,38H,6-10,15-23H2,1-5H3,(H2,46,57)(H2,47,58)(H2,48,59)(H,49,61)(H,50,60)(H,51,66)(H,52,62)(H,53,65)(H,54,63)(H,55,64)/t2*25-,28-,29-,30-,31-,32-,33-,38-/m00/s1/i17D2,33D;23D2. The van der Waals surface area contributed by atoms with Crippen LogP contribution in [-0.4, -0.2) is 288 Å². The monoisotopic (exact) mass is 1980 g/mol. The quantitative estimate of drug-likeness (QED) is 0.0304. The van der Waals surface area contributed by atoms with Gasteiger partial charge in [-0.1, -0.05) is 92.5 Å². The molecule has 46 nitrogen and oxygen atoms in total. The van der Waals surface area contributed by atoms with Crippen molar-refractivity contribution in [2.24, 2.45) is 58.1 Å². The van der Waals surface area contributed by atoms with Crippen molar-refractivity contribution >= 4 is 153 Å². The number of carbonyl (C=O) groups excluding carboxylic acids is 22. The van der Waals surface area contributed by atoms with Crippen LogP contribution in [-0.2, 0) is 118 Å². The van der Waals surface area contributed by atoms with E-state index in [0.717, 1.165) is 16.7 Å². The molecule has 4 aliphatic heterocycles. The van der Waals surface area contributed by atoms with Crippen molar-refractivity contribution in [3.63, 3.8) is 0 Å². The first-order chi connectivity index (χ1) is 67.1. The molecule has 0 saturated carbocycles. The van der Waals surface area contributed by atoms with E-state index in [1.165, 1.54) is 14.2 Å². The van der Waals surface area contributed by atoms with Crippen molar-refractivity contribution in [1.29, 1.82) is 0 Å². The lowest BCUT2D eigenvalue weighted by Crippen LogP contribution is -2.61. The van der Waals surface area contributed by atoms with E-state index in [2.05, 4.69) is 74.4 Å². The van der Waals surface area contributed by atoms with Crippen LogP contribution in [0.5, 0.6) is 11.5 Å². The Bertz CT molecular complexity index is 4880. The normalized spacial score (nSPS) is 25.0. The molecule has 764 valence electrons. The molecule has 0 aromatic heterocycles. The number of methoxy groups -OCH3 is 2. The maximum Gasteiger partial charge on any atom is 0.246 e. The minimum absolute atomic E-state index is 0.00436. The van der Waals surface area contributed by atoms with Crippen molar-refractivity contribution < 1.29 is 122 Å². The molecule has 0 bridgehead atoms. The van der Waals surface area contributed by atoms with Crippen molar-refractivity contribution in [2.75, 3.05) is 63.3 Å². The lowest BCUT2D eigenvalue weighted by atomic mass is 9.96. The average Bonchev–Trinajstić information content (AvgIpc) is 1.59. The Morgan fingerprint density at radius 2 is 0.841 bits per heavy atom. The van der Waals surface area contributed by atoms with Crippen molar-refractivity contribution in [3.05, 3.63) is 59.7 Å². The molecular weight excluding hydrogens is 1840 g/mol. The van der Waals surface area contributed by atoms with E-state index < -0.39 is 309 Å². The Morgan fingerprint density at radius 1 is 0.449 bits per heavy atom. The number of nitrogens with one attached hydrogen (secondary N) is 14. The van der Waals surface area contributed by atoms with Gasteiger partial charge < -0.3 is 128 Å². The number of nitrogens with two attached hydrogens (primary N) is 6. The van der Waals surface area contributed by atoms with Gasteiger partial charge in [-0.25, -0.2) is 0 Å². The van der Waals surface area contributed by atoms with Crippen LogP contribution in [0.15, 0.2) is 48.5 Å². The van der Waals surface area contributed by atoms with Crippen molar-refractivity contribution in [2.45, 2.75) is 268 Å². The van der Waals surface area contributed by atoms with E-state index in [0.29, 0.717) is 52.1 Å². The Labute approximate surface area is 816 Å². The molecule has 0 aliphatic carbocycles. The lowest BCUT2D eigenvalue weighted by molar-refractivity contribution is -0.142. The van der Waals surface area contributed by atoms with Gasteiger partial charge in [-0.2, -0.15) is 23.5 Å². The first-order valence-electron chi connectivity index (χ1n) is 48.1. The van der Waals surface area contributed by atoms with Crippen LogP contribution in [0.25, 0.3) is 0 Å². The van der Waals surface area contributed by atoms with Crippen molar-refractivity contribution in [3.8, 4) is 11.5 Å². The Hall–Kier alpha value is -12.9. The van der Waals surface area contributed by atoms with E-state index in [9.17, 15) is 107 Å². The number of amides is 22. The molecule has 4 aliphatic rings. The molecule has 26 N–H and O–H groups in total. The van der Waals surface area contributed by atoms with Gasteiger partial charge in [-0.15, -0.1) is 0 Å². The Kier molecular flexibility index (Phi) is 45.5. The van der Waals surface area contributed by atoms with Gasteiger partial charge in [0.1, 0.15) is 96.1 Å². The molecule has 6 rings (SSSR count). The van der Waals surface area contributed by atoms with E-state index in [1.807, 2.05) is 0 Å². The lowest BCUT2D eigenvalue weighted by Gasteiger charge is -2.31. The first kappa shape index (κ1) is 107. The molecule has 0 spiro atoms. The molecule has 138 heavy (non-hydrogen) atoms. The average molecular weight is 1980 g/mol. The number of ether oxygens (including phenoxy) is 2. The van der Waals surface area contributed by atoms with Gasteiger partial charge in [0.15, 0.2) is 0 Å². The second-order valence-electron chi connectivity index (χ2n) is 34.6.